The molecule has 0 saturated heterocycles. The maximum atomic E-state index is 9.43. The van der Waals surface area contributed by atoms with Crippen LogP contribution in [0, 0.1) is 0 Å². The second-order valence-electron chi connectivity index (χ2n) is 11.5. The summed E-state index contributed by atoms with van der Waals surface area (Å²) < 4.78 is 109. The van der Waals surface area contributed by atoms with Crippen molar-refractivity contribution >= 4 is 65.0 Å². The van der Waals surface area contributed by atoms with E-state index in [1.807, 2.05) is 84.9 Å². The fraction of sp³-hybridized carbons (Fsp3) is 0. The Balaban J connectivity index is 1.26. The summed E-state index contributed by atoms with van der Waals surface area (Å²) >= 11 is 0. The molecule has 9 aromatic carbocycles. The highest BCUT2D eigenvalue weighted by molar-refractivity contribution is 6.26. The molecule has 0 aliphatic carbocycles. The number of hydrogen-bond acceptors (Lipinski definition) is 1. The lowest BCUT2D eigenvalue weighted by atomic mass is 9.84. The summed E-state index contributed by atoms with van der Waals surface area (Å²) in [4.78, 5) is 0. The number of furan rings is 1. The van der Waals surface area contributed by atoms with Crippen LogP contribution in [0.4, 0.5) is 0 Å². The molecule has 0 bridgehead atoms. The Bertz CT molecular complexity index is 3450. The van der Waals surface area contributed by atoms with Crippen molar-refractivity contribution in [1.82, 2.24) is 0 Å². The minimum atomic E-state index is -0.519. The van der Waals surface area contributed by atoms with Gasteiger partial charge in [0, 0.05) is 10.8 Å². The Morgan fingerprint density at radius 3 is 1.87 bits per heavy atom. The van der Waals surface area contributed by atoms with Crippen LogP contribution in [-0.2, 0) is 0 Å². The molecule has 1 aromatic heterocycles. The van der Waals surface area contributed by atoms with Crippen molar-refractivity contribution in [1.29, 1.82) is 0 Å². The third kappa shape index (κ3) is 4.03. The van der Waals surface area contributed by atoms with Gasteiger partial charge in [-0.2, -0.15) is 0 Å². The van der Waals surface area contributed by atoms with Crippen molar-refractivity contribution in [3.05, 3.63) is 170 Å². The second kappa shape index (κ2) is 10.2. The lowest BCUT2D eigenvalue weighted by Crippen LogP contribution is -1.91. The van der Waals surface area contributed by atoms with Gasteiger partial charge in [0.15, 0.2) is 0 Å². The number of rotatable bonds is 3. The summed E-state index contributed by atoms with van der Waals surface area (Å²) in [5.74, 6) is 0. The molecule has 0 saturated carbocycles. The molecule has 0 atom stereocenters. The molecule has 0 aliphatic heterocycles. The van der Waals surface area contributed by atoms with Crippen molar-refractivity contribution in [2.75, 3.05) is 0 Å². The molecule has 1 heteroatoms. The van der Waals surface area contributed by atoms with E-state index in [0.29, 0.717) is 33.1 Å². The average molecular weight is 609 g/mol. The number of benzene rings is 9. The first-order chi connectivity index (χ1) is 28.3. The molecule has 1 nitrogen and oxygen atoms in total. The van der Waals surface area contributed by atoms with Crippen LogP contribution < -0.4 is 0 Å². The predicted molar refractivity (Wildman–Crippen MR) is 200 cm³/mol. The third-order valence-electron chi connectivity index (χ3n) is 8.94. The molecule has 0 fully saturated rings. The molecule has 10 rings (SSSR count). The molecule has 0 N–H and O–H groups in total. The van der Waals surface area contributed by atoms with E-state index in [9.17, 15) is 2.74 Å². The average Bonchev–Trinajstić information content (AvgIpc) is 3.61. The van der Waals surface area contributed by atoms with Crippen LogP contribution in [0.5, 0.6) is 0 Å². The van der Waals surface area contributed by atoms with E-state index in [2.05, 4.69) is 0 Å². The molecule has 0 amide bonds. The highest BCUT2D eigenvalue weighted by Gasteiger charge is 2.20. The molecule has 0 unspecified atom stereocenters. The summed E-state index contributed by atoms with van der Waals surface area (Å²) in [7, 11) is 0. The van der Waals surface area contributed by atoms with Crippen LogP contribution >= 0.6 is 0 Å². The molecular formula is C46H28O. The highest BCUT2D eigenvalue weighted by atomic mass is 16.3. The molecule has 0 spiro atoms. The Morgan fingerprint density at radius 2 is 1.11 bits per heavy atom. The molecule has 218 valence electrons. The Morgan fingerprint density at radius 1 is 0.404 bits per heavy atom. The first-order valence-corrected chi connectivity index (χ1v) is 15.2. The Hall–Kier alpha value is -6.18. The maximum absolute atomic E-state index is 9.43. The monoisotopic (exact) mass is 608 g/mol. The standard InChI is InChI=1S/C46H28O/c1-2-11-29(12-3-1)32-22-23-33-27-41-43(28-35(33)26-32)47-42-20-10-19-40(46(41)42)45-38-17-8-6-15-36(38)44(37-16-7-9-18-39(37)45)34-24-21-30-13-4-5-14-31(30)25-34/h1-28H/i1D,2D,3D,4D,5D,11D,12D,13D,14D,21D,24D,25D. The van der Waals surface area contributed by atoms with E-state index in [1.54, 1.807) is 12.1 Å². The largest absolute Gasteiger partial charge is 0.456 e. The van der Waals surface area contributed by atoms with E-state index in [0.717, 1.165) is 43.4 Å². The van der Waals surface area contributed by atoms with Gasteiger partial charge in [-0.25, -0.2) is 0 Å². The molecular weight excluding hydrogens is 569 g/mol. The summed E-state index contributed by atoms with van der Waals surface area (Å²) in [5, 5.41) is 6.01. The fourth-order valence-corrected chi connectivity index (χ4v) is 6.92. The lowest BCUT2D eigenvalue weighted by molar-refractivity contribution is 0.669. The zero-order chi connectivity index (χ0) is 41.3. The van der Waals surface area contributed by atoms with E-state index in [4.69, 9.17) is 18.1 Å². The third-order valence-corrected chi connectivity index (χ3v) is 8.94. The molecule has 0 radical (unpaired) electrons. The molecule has 10 aromatic rings. The van der Waals surface area contributed by atoms with Crippen molar-refractivity contribution in [3.8, 4) is 33.4 Å². The first kappa shape index (κ1) is 16.9. The van der Waals surface area contributed by atoms with Crippen molar-refractivity contribution < 1.29 is 20.9 Å². The second-order valence-corrected chi connectivity index (χ2v) is 11.5. The topological polar surface area (TPSA) is 13.1 Å². The van der Waals surface area contributed by atoms with E-state index in [1.165, 1.54) is 0 Å². The summed E-state index contributed by atoms with van der Waals surface area (Å²) in [6.07, 6.45) is 0. The lowest BCUT2D eigenvalue weighted by Gasteiger charge is -2.18. The van der Waals surface area contributed by atoms with E-state index < -0.39 is 42.3 Å². The first-order valence-electron chi connectivity index (χ1n) is 21.2. The van der Waals surface area contributed by atoms with Gasteiger partial charge in [0.2, 0.25) is 0 Å². The van der Waals surface area contributed by atoms with Gasteiger partial charge in [0.05, 0.1) is 16.4 Å². The van der Waals surface area contributed by atoms with Crippen LogP contribution in [0.15, 0.2) is 174 Å². The number of fused-ring (bicyclic) bond motifs is 7. The van der Waals surface area contributed by atoms with Gasteiger partial charge in [0.25, 0.3) is 0 Å². The highest BCUT2D eigenvalue weighted by Crippen LogP contribution is 2.47. The van der Waals surface area contributed by atoms with Crippen LogP contribution in [0.3, 0.4) is 0 Å². The van der Waals surface area contributed by atoms with Gasteiger partial charge in [-0.05, 0) is 107 Å². The zero-order valence-electron chi connectivity index (χ0n) is 36.6. The minimum Gasteiger partial charge on any atom is -0.456 e. The van der Waals surface area contributed by atoms with Crippen LogP contribution in [0.1, 0.15) is 16.4 Å². The maximum Gasteiger partial charge on any atom is 0.136 e. The van der Waals surface area contributed by atoms with Crippen LogP contribution in [-0.4, -0.2) is 0 Å². The van der Waals surface area contributed by atoms with E-state index >= 15 is 0 Å². The summed E-state index contributed by atoms with van der Waals surface area (Å²) in [6.45, 7) is 0. The quantitative estimate of drug-likeness (QED) is 0.182. The predicted octanol–water partition coefficient (Wildman–Crippen LogP) is 13.2. The van der Waals surface area contributed by atoms with Crippen molar-refractivity contribution in [2.45, 2.75) is 0 Å². The zero-order valence-corrected chi connectivity index (χ0v) is 24.6. The summed E-state index contributed by atoms with van der Waals surface area (Å²) in [5.41, 5.74) is 4.17. The van der Waals surface area contributed by atoms with Gasteiger partial charge >= 0.3 is 0 Å². The van der Waals surface area contributed by atoms with Gasteiger partial charge in [-0.15, -0.1) is 0 Å². The molecule has 1 heterocycles. The van der Waals surface area contributed by atoms with Crippen LogP contribution in [0.2, 0.25) is 0 Å². The van der Waals surface area contributed by atoms with Crippen molar-refractivity contribution in [2.24, 2.45) is 0 Å². The SMILES string of the molecule is [2H]c1c([2H])c([2H])c(-c2ccc3cc4c(cc3c2)oc2cccc(-c3c5ccccc5c(-c5c([2H])c([2H])c6c([2H])c([2H])c([2H])c([2H])c6c5[2H])c5ccccc35)c24)c([2H])c1[2H]. The van der Waals surface area contributed by atoms with Crippen LogP contribution in [0.25, 0.3) is 98.4 Å². The molecule has 47 heavy (non-hydrogen) atoms. The Kier molecular flexibility index (Phi) is 3.66. The fourth-order valence-electron chi connectivity index (χ4n) is 6.92. The normalized spacial score (nSPS) is 15.4. The Labute approximate surface area is 288 Å². The van der Waals surface area contributed by atoms with Gasteiger partial charge in [-0.3, -0.25) is 0 Å². The molecule has 0 aliphatic rings. The number of hydrogen-bond donors (Lipinski definition) is 0. The van der Waals surface area contributed by atoms with Gasteiger partial charge < -0.3 is 4.42 Å². The summed E-state index contributed by atoms with van der Waals surface area (Å²) in [6, 6.07) is 25.9. The smallest absolute Gasteiger partial charge is 0.136 e. The van der Waals surface area contributed by atoms with E-state index in [-0.39, 0.29) is 52.1 Å². The van der Waals surface area contributed by atoms with Gasteiger partial charge in [0.1, 0.15) is 11.2 Å². The van der Waals surface area contributed by atoms with Crippen molar-refractivity contribution in [3.63, 3.8) is 0 Å². The van der Waals surface area contributed by atoms with Gasteiger partial charge in [-0.1, -0.05) is 139 Å². The minimum absolute atomic E-state index is 0.105.